The van der Waals surface area contributed by atoms with Crippen molar-refractivity contribution in [1.82, 2.24) is 0 Å². The van der Waals surface area contributed by atoms with E-state index < -0.39 is 0 Å². The Labute approximate surface area is 134 Å². The molecule has 0 saturated carbocycles. The van der Waals surface area contributed by atoms with Crippen molar-refractivity contribution in [1.29, 1.82) is 0 Å². The topological polar surface area (TPSA) is 29.5 Å². The predicted octanol–water partition coefficient (Wildman–Crippen LogP) is 2.44. The lowest BCUT2D eigenvalue weighted by atomic mass is 9.83. The highest BCUT2D eigenvalue weighted by Crippen LogP contribution is 2.34. The third-order valence-electron chi connectivity index (χ3n) is 5.16. The molecule has 3 nitrogen and oxygen atoms in total. The minimum Gasteiger partial charge on any atom is -0.496 e. The van der Waals surface area contributed by atoms with E-state index in [0.717, 1.165) is 29.7 Å². The Hall–Kier alpha value is -0.330. The molecule has 1 aromatic carbocycles. The van der Waals surface area contributed by atoms with Gasteiger partial charge in [-0.3, -0.25) is 0 Å². The van der Waals surface area contributed by atoms with Gasteiger partial charge in [-0.1, -0.05) is 6.07 Å². The van der Waals surface area contributed by atoms with Crippen LogP contribution in [0.25, 0.3) is 0 Å². The molecule has 1 atom stereocenters. The van der Waals surface area contributed by atoms with E-state index in [2.05, 4.69) is 40.8 Å². The molecule has 20 heavy (non-hydrogen) atoms. The second-order valence-electron chi connectivity index (χ2n) is 6.32. The molecule has 0 aromatic heterocycles. The molecule has 110 valence electrons. The summed E-state index contributed by atoms with van der Waals surface area (Å²) >= 11 is 2.33. The molecule has 3 aliphatic heterocycles. The van der Waals surface area contributed by atoms with Crippen molar-refractivity contribution in [3.05, 3.63) is 27.3 Å². The summed E-state index contributed by atoms with van der Waals surface area (Å²) < 4.78 is 7.62. The highest BCUT2D eigenvalue weighted by molar-refractivity contribution is 14.1. The largest absolute Gasteiger partial charge is 0.496 e. The number of ether oxygens (including phenoxy) is 1. The van der Waals surface area contributed by atoms with Crippen molar-refractivity contribution < 1.29 is 14.3 Å². The number of hydrogen-bond acceptors (Lipinski definition) is 2. The molecule has 1 unspecified atom stereocenters. The van der Waals surface area contributed by atoms with E-state index in [1.807, 2.05) is 0 Å². The zero-order valence-electron chi connectivity index (χ0n) is 12.0. The maximum Gasteiger partial charge on any atom is 0.132 e. The minimum absolute atomic E-state index is 0.0616. The summed E-state index contributed by atoms with van der Waals surface area (Å²) in [6.45, 7) is 4.65. The lowest BCUT2D eigenvalue weighted by Crippen LogP contribution is -2.64. The SMILES string of the molecule is COc1ccc(CC[N+]23CCC(CC2)C(O)C3)cc1I. The number of quaternary nitrogens is 1. The Morgan fingerprint density at radius 2 is 2.10 bits per heavy atom. The lowest BCUT2D eigenvalue weighted by Gasteiger charge is -2.51. The second-order valence-corrected chi connectivity index (χ2v) is 7.48. The van der Waals surface area contributed by atoms with E-state index in [1.54, 1.807) is 7.11 Å². The summed E-state index contributed by atoms with van der Waals surface area (Å²) in [6.07, 6.45) is 3.45. The van der Waals surface area contributed by atoms with Crippen LogP contribution in [0.4, 0.5) is 0 Å². The van der Waals surface area contributed by atoms with Gasteiger partial charge < -0.3 is 14.3 Å². The molecule has 4 heteroatoms. The van der Waals surface area contributed by atoms with Gasteiger partial charge in [-0.25, -0.2) is 0 Å². The molecule has 0 aliphatic carbocycles. The maximum atomic E-state index is 10.1. The number of piperidine rings is 3. The highest BCUT2D eigenvalue weighted by Gasteiger charge is 2.44. The summed E-state index contributed by atoms with van der Waals surface area (Å²) in [7, 11) is 1.72. The molecule has 3 saturated heterocycles. The molecule has 2 bridgehead atoms. The molecular formula is C16H23INO2+. The molecule has 0 amide bonds. The van der Waals surface area contributed by atoms with Crippen LogP contribution in [0.2, 0.25) is 0 Å². The van der Waals surface area contributed by atoms with Gasteiger partial charge in [0.25, 0.3) is 0 Å². The van der Waals surface area contributed by atoms with Gasteiger partial charge in [-0.2, -0.15) is 0 Å². The first kappa shape index (κ1) is 14.6. The average Bonchev–Trinajstić information content (AvgIpc) is 2.46. The lowest BCUT2D eigenvalue weighted by molar-refractivity contribution is -0.946. The Balaban J connectivity index is 1.65. The third-order valence-corrected chi connectivity index (χ3v) is 6.00. The number of rotatable bonds is 4. The average molecular weight is 388 g/mol. The van der Waals surface area contributed by atoms with Gasteiger partial charge in [-0.05, 0) is 40.3 Å². The van der Waals surface area contributed by atoms with E-state index >= 15 is 0 Å². The summed E-state index contributed by atoms with van der Waals surface area (Å²) in [6, 6.07) is 6.46. The number of aliphatic hydroxyl groups excluding tert-OH is 1. The first-order valence-electron chi connectivity index (χ1n) is 7.47. The number of benzene rings is 1. The van der Waals surface area contributed by atoms with Crippen LogP contribution < -0.4 is 4.74 Å². The number of nitrogens with zero attached hydrogens (tertiary/aromatic N) is 1. The quantitative estimate of drug-likeness (QED) is 0.635. The summed E-state index contributed by atoms with van der Waals surface area (Å²) in [5.41, 5.74) is 1.38. The molecule has 3 heterocycles. The van der Waals surface area contributed by atoms with Crippen molar-refractivity contribution in [2.45, 2.75) is 25.4 Å². The van der Waals surface area contributed by atoms with Crippen molar-refractivity contribution in [3.8, 4) is 5.75 Å². The van der Waals surface area contributed by atoms with Gasteiger partial charge in [-0.15, -0.1) is 0 Å². The summed E-state index contributed by atoms with van der Waals surface area (Å²) in [5, 5.41) is 10.1. The Morgan fingerprint density at radius 3 is 2.70 bits per heavy atom. The summed E-state index contributed by atoms with van der Waals surface area (Å²) in [4.78, 5) is 0. The van der Waals surface area contributed by atoms with Crippen molar-refractivity contribution in [2.24, 2.45) is 5.92 Å². The smallest absolute Gasteiger partial charge is 0.132 e. The molecule has 4 rings (SSSR count). The van der Waals surface area contributed by atoms with Gasteiger partial charge in [0, 0.05) is 25.2 Å². The minimum atomic E-state index is -0.0616. The fourth-order valence-electron chi connectivity index (χ4n) is 3.80. The second kappa shape index (κ2) is 5.81. The van der Waals surface area contributed by atoms with E-state index in [9.17, 15) is 5.11 Å². The molecule has 1 N–H and O–H groups in total. The first-order valence-corrected chi connectivity index (χ1v) is 8.55. The van der Waals surface area contributed by atoms with E-state index in [0.29, 0.717) is 5.92 Å². The number of methoxy groups -OCH3 is 1. The molecule has 0 spiro atoms. The van der Waals surface area contributed by atoms with Crippen molar-refractivity contribution in [3.63, 3.8) is 0 Å². The normalized spacial score (nSPS) is 32.4. The van der Waals surface area contributed by atoms with Gasteiger partial charge in [0.05, 0.1) is 30.3 Å². The van der Waals surface area contributed by atoms with Crippen LogP contribution in [0.1, 0.15) is 18.4 Å². The monoisotopic (exact) mass is 388 g/mol. The Kier molecular flexibility index (Phi) is 4.24. The standard InChI is InChI=1S/C16H23INO2/c1-20-16-3-2-12(10-14(16)17)4-7-18-8-5-13(6-9-18)15(19)11-18/h2-3,10,13,15,19H,4-9,11H2,1H3/q+1. The molecule has 3 fully saturated rings. The van der Waals surface area contributed by atoms with E-state index in [1.165, 1.54) is 35.1 Å². The summed E-state index contributed by atoms with van der Waals surface area (Å²) in [5.74, 6) is 1.53. The molecular weight excluding hydrogens is 365 g/mol. The zero-order valence-corrected chi connectivity index (χ0v) is 14.2. The van der Waals surface area contributed by atoms with Crippen LogP contribution in [-0.4, -0.2) is 49.0 Å². The van der Waals surface area contributed by atoms with Crippen LogP contribution >= 0.6 is 22.6 Å². The number of hydrogen-bond donors (Lipinski definition) is 1. The van der Waals surface area contributed by atoms with Gasteiger partial charge in [0.2, 0.25) is 0 Å². The van der Waals surface area contributed by atoms with Crippen molar-refractivity contribution in [2.75, 3.05) is 33.3 Å². The molecule has 3 aliphatic rings. The highest BCUT2D eigenvalue weighted by atomic mass is 127. The number of halogens is 1. The Bertz CT molecular complexity index is 483. The van der Waals surface area contributed by atoms with Gasteiger partial charge >= 0.3 is 0 Å². The maximum absolute atomic E-state index is 10.1. The molecule has 0 radical (unpaired) electrons. The van der Waals surface area contributed by atoms with Gasteiger partial charge in [0.15, 0.2) is 0 Å². The van der Waals surface area contributed by atoms with Crippen LogP contribution in [-0.2, 0) is 6.42 Å². The Morgan fingerprint density at radius 1 is 1.35 bits per heavy atom. The van der Waals surface area contributed by atoms with E-state index in [4.69, 9.17) is 4.74 Å². The molecule has 1 aromatic rings. The van der Waals surface area contributed by atoms with Crippen LogP contribution in [0.3, 0.4) is 0 Å². The number of fused-ring (bicyclic) bond motifs is 3. The fraction of sp³-hybridized carbons (Fsp3) is 0.625. The van der Waals surface area contributed by atoms with Gasteiger partial charge in [0.1, 0.15) is 18.4 Å². The predicted molar refractivity (Wildman–Crippen MR) is 87.9 cm³/mol. The van der Waals surface area contributed by atoms with E-state index in [-0.39, 0.29) is 6.10 Å². The first-order chi connectivity index (χ1) is 9.62. The zero-order chi connectivity index (χ0) is 14.2. The van der Waals surface area contributed by atoms with Crippen LogP contribution in [0, 0.1) is 9.49 Å². The van der Waals surface area contributed by atoms with Crippen LogP contribution in [0.5, 0.6) is 5.75 Å². The fourth-order valence-corrected chi connectivity index (χ4v) is 4.60. The number of aliphatic hydroxyl groups is 1. The van der Waals surface area contributed by atoms with Crippen molar-refractivity contribution >= 4 is 22.6 Å². The van der Waals surface area contributed by atoms with Crippen LogP contribution in [0.15, 0.2) is 18.2 Å². The third kappa shape index (κ3) is 2.83.